The Morgan fingerprint density at radius 1 is 0.828 bits per heavy atom. The molecule has 0 saturated heterocycles. The number of aromatic nitrogens is 1. The number of nitrogens with one attached hydrogen (secondary N) is 3. The Bertz CT molecular complexity index is 2300. The van der Waals surface area contributed by atoms with Gasteiger partial charge in [0.2, 0.25) is 0 Å². The number of terminal acetylenes is 1. The Morgan fingerprint density at radius 3 is 2.26 bits per heavy atom. The Kier molecular flexibility index (Phi) is 14.8. The van der Waals surface area contributed by atoms with E-state index in [4.69, 9.17) is 35.8 Å². The van der Waals surface area contributed by atoms with Crippen molar-refractivity contribution in [3.05, 3.63) is 119 Å². The summed E-state index contributed by atoms with van der Waals surface area (Å²) in [6.07, 6.45) is 7.79. The summed E-state index contributed by atoms with van der Waals surface area (Å²) in [6.45, 7) is 8.52. The number of anilines is 2. The van der Waals surface area contributed by atoms with Gasteiger partial charge >= 0.3 is 6.03 Å². The number of primary amides is 1. The molecular weight excluding hydrogens is 739 g/mol. The number of amides is 4. The number of ether oxygens (including phenoxy) is 5. The minimum Gasteiger partial charge on any atom is -0.494 e. The Balaban J connectivity index is 1.27. The Labute approximate surface area is 338 Å². The van der Waals surface area contributed by atoms with Crippen LogP contribution in [0.2, 0.25) is 0 Å². The zero-order valence-corrected chi connectivity index (χ0v) is 33.4. The van der Waals surface area contributed by atoms with Crippen molar-refractivity contribution >= 4 is 40.0 Å². The SMILES string of the molecule is C#Cc1cc(Cc2cc(Oc3ccc(NC(=O)Nc4cc(C(C)(C)C)cc(C(N)=O)c4OC)c4ccccc34)ccn2)cc(C(=O)NCCOCCOCCOC)c1. The molecule has 5 aromatic rings. The van der Waals surface area contributed by atoms with E-state index in [0.717, 1.165) is 21.9 Å². The van der Waals surface area contributed by atoms with E-state index < -0.39 is 11.9 Å². The first-order chi connectivity index (χ1) is 27.9. The third-order valence-corrected chi connectivity index (χ3v) is 8.96. The van der Waals surface area contributed by atoms with Crippen molar-refractivity contribution in [1.29, 1.82) is 0 Å². The first-order valence-electron chi connectivity index (χ1n) is 18.7. The largest absolute Gasteiger partial charge is 0.494 e. The number of rotatable bonds is 18. The molecule has 0 aliphatic heterocycles. The minimum absolute atomic E-state index is 0.166. The van der Waals surface area contributed by atoms with Crippen LogP contribution >= 0.6 is 0 Å². The van der Waals surface area contributed by atoms with Gasteiger partial charge in [0, 0.05) is 59.9 Å². The number of hydrogen-bond donors (Lipinski definition) is 4. The van der Waals surface area contributed by atoms with Gasteiger partial charge in [0.15, 0.2) is 5.75 Å². The van der Waals surface area contributed by atoms with Crippen LogP contribution in [0.1, 0.15) is 63.9 Å². The maximum Gasteiger partial charge on any atom is 0.323 e. The second-order valence-electron chi connectivity index (χ2n) is 14.3. The second-order valence-corrected chi connectivity index (χ2v) is 14.3. The summed E-state index contributed by atoms with van der Waals surface area (Å²) < 4.78 is 27.7. The van der Waals surface area contributed by atoms with Crippen molar-refractivity contribution in [2.24, 2.45) is 5.73 Å². The van der Waals surface area contributed by atoms with Gasteiger partial charge < -0.3 is 45.4 Å². The average molecular weight is 788 g/mol. The molecule has 302 valence electrons. The monoisotopic (exact) mass is 787 g/mol. The van der Waals surface area contributed by atoms with Gasteiger partial charge in [-0.2, -0.15) is 0 Å². The zero-order chi connectivity index (χ0) is 41.7. The van der Waals surface area contributed by atoms with Crippen molar-refractivity contribution in [3.8, 4) is 29.6 Å². The van der Waals surface area contributed by atoms with Gasteiger partial charge in [0.05, 0.1) is 57.1 Å². The number of pyridine rings is 1. The van der Waals surface area contributed by atoms with Crippen LogP contribution in [0.3, 0.4) is 0 Å². The summed E-state index contributed by atoms with van der Waals surface area (Å²) in [7, 11) is 3.03. The van der Waals surface area contributed by atoms with Crippen molar-refractivity contribution < 1.29 is 38.1 Å². The van der Waals surface area contributed by atoms with E-state index in [9.17, 15) is 14.4 Å². The quantitative estimate of drug-likeness (QED) is 0.0536. The van der Waals surface area contributed by atoms with E-state index in [1.54, 1.807) is 55.8 Å². The van der Waals surface area contributed by atoms with E-state index in [2.05, 4.69) is 26.9 Å². The van der Waals surface area contributed by atoms with Crippen molar-refractivity contribution in [2.75, 3.05) is 64.4 Å². The lowest BCUT2D eigenvalue weighted by Crippen LogP contribution is -2.28. The fourth-order valence-electron chi connectivity index (χ4n) is 6.07. The number of carbonyl (C=O) groups is 3. The first kappa shape index (κ1) is 42.7. The molecule has 13 nitrogen and oxygen atoms in total. The Hall–Kier alpha value is -6.46. The van der Waals surface area contributed by atoms with E-state index >= 15 is 0 Å². The van der Waals surface area contributed by atoms with E-state index in [-0.39, 0.29) is 22.6 Å². The minimum atomic E-state index is -0.670. The highest BCUT2D eigenvalue weighted by molar-refractivity contribution is 6.09. The number of nitrogens with two attached hydrogens (primary N) is 1. The van der Waals surface area contributed by atoms with E-state index in [1.807, 2.05) is 57.2 Å². The fraction of sp³-hybridized carbons (Fsp3) is 0.289. The molecule has 1 aromatic heterocycles. The third-order valence-electron chi connectivity index (χ3n) is 8.96. The van der Waals surface area contributed by atoms with Crippen LogP contribution in [-0.2, 0) is 26.0 Å². The molecule has 1 heterocycles. The Morgan fingerprint density at radius 2 is 1.55 bits per heavy atom. The van der Waals surface area contributed by atoms with Gasteiger partial charge in [-0.3, -0.25) is 14.6 Å². The van der Waals surface area contributed by atoms with E-state index in [0.29, 0.717) is 85.7 Å². The second kappa shape index (κ2) is 20.1. The van der Waals surface area contributed by atoms with Gasteiger partial charge in [-0.1, -0.05) is 51.0 Å². The van der Waals surface area contributed by atoms with Gasteiger partial charge in [-0.15, -0.1) is 6.42 Å². The topological polar surface area (TPSA) is 172 Å². The molecule has 13 heteroatoms. The molecule has 0 aliphatic carbocycles. The first-order valence-corrected chi connectivity index (χ1v) is 18.7. The van der Waals surface area contributed by atoms with Crippen molar-refractivity contribution in [3.63, 3.8) is 0 Å². The molecule has 5 rings (SSSR count). The van der Waals surface area contributed by atoms with Gasteiger partial charge in [0.25, 0.3) is 11.8 Å². The third kappa shape index (κ3) is 11.5. The van der Waals surface area contributed by atoms with Crippen LogP contribution in [-0.4, -0.2) is 76.6 Å². The molecule has 5 N–H and O–H groups in total. The number of nitrogens with zero attached hydrogens (tertiary/aromatic N) is 1. The highest BCUT2D eigenvalue weighted by Gasteiger charge is 2.23. The van der Waals surface area contributed by atoms with Gasteiger partial charge in [-0.05, 0) is 65.1 Å². The number of carbonyl (C=O) groups excluding carboxylic acids is 3. The van der Waals surface area contributed by atoms with Gasteiger partial charge in [0.1, 0.15) is 11.5 Å². The molecule has 0 fully saturated rings. The van der Waals surface area contributed by atoms with Crippen LogP contribution in [0.5, 0.6) is 17.2 Å². The molecule has 4 amide bonds. The van der Waals surface area contributed by atoms with Crippen molar-refractivity contribution in [1.82, 2.24) is 10.3 Å². The maximum absolute atomic E-state index is 13.4. The molecule has 0 radical (unpaired) electrons. The van der Waals surface area contributed by atoms with Crippen LogP contribution < -0.4 is 31.2 Å². The zero-order valence-electron chi connectivity index (χ0n) is 33.4. The van der Waals surface area contributed by atoms with Crippen LogP contribution in [0, 0.1) is 12.3 Å². The lowest BCUT2D eigenvalue weighted by Gasteiger charge is -2.23. The highest BCUT2D eigenvalue weighted by Crippen LogP contribution is 2.37. The normalized spacial score (nSPS) is 11.1. The maximum atomic E-state index is 13.4. The molecule has 0 saturated carbocycles. The summed E-state index contributed by atoms with van der Waals surface area (Å²) in [5.41, 5.74) is 9.64. The molecule has 58 heavy (non-hydrogen) atoms. The van der Waals surface area contributed by atoms with Crippen LogP contribution in [0.15, 0.2) is 85.1 Å². The summed E-state index contributed by atoms with van der Waals surface area (Å²) in [5.74, 6) is 2.97. The summed E-state index contributed by atoms with van der Waals surface area (Å²) >= 11 is 0. The molecule has 0 spiro atoms. The molecule has 4 aromatic carbocycles. The number of fused-ring (bicyclic) bond motifs is 1. The highest BCUT2D eigenvalue weighted by atomic mass is 16.5. The predicted octanol–water partition coefficient (Wildman–Crippen LogP) is 7.06. The molecular formula is C45H49N5O8. The molecule has 0 unspecified atom stereocenters. The lowest BCUT2D eigenvalue weighted by molar-refractivity contribution is 0.0255. The van der Waals surface area contributed by atoms with Gasteiger partial charge in [-0.25, -0.2) is 4.79 Å². The molecule has 0 bridgehead atoms. The van der Waals surface area contributed by atoms with Crippen LogP contribution in [0.4, 0.5) is 16.2 Å². The lowest BCUT2D eigenvalue weighted by atomic mass is 9.85. The number of methoxy groups -OCH3 is 2. The predicted molar refractivity (Wildman–Crippen MR) is 224 cm³/mol. The number of hydrogen-bond acceptors (Lipinski definition) is 9. The average Bonchev–Trinajstić information content (AvgIpc) is 3.20. The summed E-state index contributed by atoms with van der Waals surface area (Å²) in [5, 5.41) is 10.1. The summed E-state index contributed by atoms with van der Waals surface area (Å²) in [4.78, 5) is 43.3. The number of urea groups is 1. The van der Waals surface area contributed by atoms with E-state index in [1.165, 1.54) is 7.11 Å². The summed E-state index contributed by atoms with van der Waals surface area (Å²) in [6, 6.07) is 22.8. The van der Waals surface area contributed by atoms with Crippen LogP contribution in [0.25, 0.3) is 10.8 Å². The smallest absolute Gasteiger partial charge is 0.323 e. The number of benzene rings is 4. The molecule has 0 aliphatic rings. The standard InChI is InChI=1S/C45H49N5O8/c1-7-29-22-30(24-31(23-29)43(52)48-16-17-56-20-21-57-19-18-54-5)25-33-28-34(14-15-47-33)58-40-13-12-38(35-10-8-9-11-36(35)40)49-44(53)50-39-27-32(45(2,3)4)26-37(42(46)51)41(39)55-6/h1,8-15,22-24,26-28H,16-21,25H2,2-6H3,(H2,46,51)(H,48,52)(H2,49,50,53). The fourth-order valence-corrected chi connectivity index (χ4v) is 6.07. The van der Waals surface area contributed by atoms with Crippen molar-refractivity contribution in [2.45, 2.75) is 32.6 Å². The molecule has 0 atom stereocenters.